The molecule has 2 aromatic rings. The maximum absolute atomic E-state index is 5.65. The van der Waals surface area contributed by atoms with Gasteiger partial charge >= 0.3 is 0 Å². The lowest BCUT2D eigenvalue weighted by atomic mass is 10.1. The molecule has 14 heavy (non-hydrogen) atoms. The largest absolute Gasteiger partial charge is 0.439 e. The van der Waals surface area contributed by atoms with Crippen LogP contribution in [0.15, 0.2) is 16.5 Å². The van der Waals surface area contributed by atoms with Crippen molar-refractivity contribution in [2.75, 3.05) is 7.05 Å². The first kappa shape index (κ1) is 9.21. The Balaban J connectivity index is 2.59. The third-order valence-corrected chi connectivity index (χ3v) is 2.45. The van der Waals surface area contributed by atoms with E-state index in [-0.39, 0.29) is 0 Å². The van der Waals surface area contributed by atoms with Gasteiger partial charge in [0.2, 0.25) is 5.89 Å². The number of rotatable bonds is 2. The first-order chi connectivity index (χ1) is 6.72. The van der Waals surface area contributed by atoms with Crippen LogP contribution >= 0.6 is 0 Å². The van der Waals surface area contributed by atoms with E-state index in [1.54, 1.807) is 0 Å². The van der Waals surface area contributed by atoms with Crippen LogP contribution in [-0.4, -0.2) is 12.0 Å². The number of hydrogen-bond donors (Lipinski definition) is 1. The van der Waals surface area contributed by atoms with E-state index in [1.165, 1.54) is 11.1 Å². The first-order valence-electron chi connectivity index (χ1n) is 4.72. The van der Waals surface area contributed by atoms with Crippen LogP contribution in [-0.2, 0) is 6.54 Å². The zero-order chi connectivity index (χ0) is 10.1. The van der Waals surface area contributed by atoms with Gasteiger partial charge in [-0.1, -0.05) is 6.07 Å². The molecule has 1 aromatic heterocycles. The third kappa shape index (κ3) is 1.40. The molecule has 0 fully saturated rings. The van der Waals surface area contributed by atoms with Crippen molar-refractivity contribution >= 4 is 11.1 Å². The Hall–Kier alpha value is -1.35. The zero-order valence-corrected chi connectivity index (χ0v) is 8.72. The second kappa shape index (κ2) is 3.42. The van der Waals surface area contributed by atoms with E-state index in [0.717, 1.165) is 17.0 Å². The number of aromatic nitrogens is 1. The number of nitrogens with zero attached hydrogens (tertiary/aromatic N) is 1. The molecule has 3 heteroatoms. The molecular formula is C11H14N2O. The lowest BCUT2D eigenvalue weighted by Crippen LogP contribution is -2.04. The van der Waals surface area contributed by atoms with Gasteiger partial charge in [-0.05, 0) is 38.1 Å². The summed E-state index contributed by atoms with van der Waals surface area (Å²) in [6.45, 7) is 4.81. The Morgan fingerprint density at radius 1 is 1.36 bits per heavy atom. The molecule has 0 bridgehead atoms. The van der Waals surface area contributed by atoms with E-state index >= 15 is 0 Å². The Labute approximate surface area is 83.1 Å². The van der Waals surface area contributed by atoms with E-state index in [0.29, 0.717) is 6.54 Å². The van der Waals surface area contributed by atoms with Crippen LogP contribution in [0.2, 0.25) is 0 Å². The molecule has 1 N–H and O–H groups in total. The van der Waals surface area contributed by atoms with Crippen molar-refractivity contribution in [3.8, 4) is 0 Å². The van der Waals surface area contributed by atoms with Crippen LogP contribution in [0.3, 0.4) is 0 Å². The molecule has 74 valence electrons. The predicted octanol–water partition coefficient (Wildman–Crippen LogP) is 2.16. The minimum Gasteiger partial charge on any atom is -0.439 e. The van der Waals surface area contributed by atoms with Crippen LogP contribution < -0.4 is 5.32 Å². The fraction of sp³-hybridized carbons (Fsp3) is 0.364. The van der Waals surface area contributed by atoms with Crippen LogP contribution in [0, 0.1) is 13.8 Å². The maximum Gasteiger partial charge on any atom is 0.209 e. The highest BCUT2D eigenvalue weighted by Crippen LogP contribution is 2.22. The SMILES string of the molecule is CNCc1nc2ccc(C)c(C)c2o1. The van der Waals surface area contributed by atoms with Crippen LogP contribution in [0.4, 0.5) is 0 Å². The molecule has 1 aromatic carbocycles. The second-order valence-electron chi connectivity index (χ2n) is 3.49. The quantitative estimate of drug-likeness (QED) is 0.788. The fourth-order valence-electron chi connectivity index (χ4n) is 1.49. The fourth-order valence-corrected chi connectivity index (χ4v) is 1.49. The molecule has 3 nitrogen and oxygen atoms in total. The van der Waals surface area contributed by atoms with E-state index in [1.807, 2.05) is 13.1 Å². The highest BCUT2D eigenvalue weighted by molar-refractivity contribution is 5.77. The number of oxazole rings is 1. The Bertz CT molecular complexity index is 460. The molecule has 0 saturated heterocycles. The highest BCUT2D eigenvalue weighted by Gasteiger charge is 2.08. The van der Waals surface area contributed by atoms with Gasteiger partial charge < -0.3 is 9.73 Å². The number of aryl methyl sites for hydroxylation is 2. The number of nitrogens with one attached hydrogen (secondary N) is 1. The molecule has 0 aliphatic rings. The zero-order valence-electron chi connectivity index (χ0n) is 8.72. The summed E-state index contributed by atoms with van der Waals surface area (Å²) in [6.07, 6.45) is 0. The average Bonchev–Trinajstić information content (AvgIpc) is 2.56. The van der Waals surface area contributed by atoms with Crippen molar-refractivity contribution in [3.05, 3.63) is 29.2 Å². The summed E-state index contributed by atoms with van der Waals surface area (Å²) >= 11 is 0. The lowest BCUT2D eigenvalue weighted by Gasteiger charge is -1.97. The van der Waals surface area contributed by atoms with Crippen molar-refractivity contribution in [3.63, 3.8) is 0 Å². The van der Waals surface area contributed by atoms with Gasteiger partial charge in [0.25, 0.3) is 0 Å². The summed E-state index contributed by atoms with van der Waals surface area (Å²) in [5, 5.41) is 3.02. The van der Waals surface area contributed by atoms with Crippen molar-refractivity contribution in [1.82, 2.24) is 10.3 Å². The molecule has 1 heterocycles. The lowest BCUT2D eigenvalue weighted by molar-refractivity contribution is 0.510. The van der Waals surface area contributed by atoms with E-state index in [9.17, 15) is 0 Å². The van der Waals surface area contributed by atoms with Gasteiger partial charge in [0, 0.05) is 0 Å². The molecular weight excluding hydrogens is 176 g/mol. The molecule has 0 amide bonds. The summed E-state index contributed by atoms with van der Waals surface area (Å²) in [7, 11) is 1.88. The summed E-state index contributed by atoms with van der Waals surface area (Å²) < 4.78 is 5.65. The number of hydrogen-bond acceptors (Lipinski definition) is 3. The summed E-state index contributed by atoms with van der Waals surface area (Å²) in [4.78, 5) is 4.38. The molecule has 0 aliphatic heterocycles. The number of fused-ring (bicyclic) bond motifs is 1. The Morgan fingerprint density at radius 3 is 2.86 bits per heavy atom. The van der Waals surface area contributed by atoms with E-state index < -0.39 is 0 Å². The first-order valence-corrected chi connectivity index (χ1v) is 4.72. The molecule has 0 unspecified atom stereocenters. The minimum absolute atomic E-state index is 0.674. The normalized spacial score (nSPS) is 11.1. The molecule has 0 radical (unpaired) electrons. The second-order valence-corrected chi connectivity index (χ2v) is 3.49. The van der Waals surface area contributed by atoms with Crippen LogP contribution in [0.1, 0.15) is 17.0 Å². The molecule has 0 saturated carbocycles. The summed E-state index contributed by atoms with van der Waals surface area (Å²) in [6, 6.07) is 4.07. The standard InChI is InChI=1S/C11H14N2O/c1-7-4-5-9-11(8(7)2)14-10(13-9)6-12-3/h4-5,12H,6H2,1-3H3. The van der Waals surface area contributed by atoms with E-state index in [4.69, 9.17) is 4.42 Å². The topological polar surface area (TPSA) is 38.1 Å². The molecule has 2 rings (SSSR count). The van der Waals surface area contributed by atoms with Gasteiger partial charge in [-0.2, -0.15) is 0 Å². The van der Waals surface area contributed by atoms with Crippen molar-refractivity contribution in [2.45, 2.75) is 20.4 Å². The van der Waals surface area contributed by atoms with Gasteiger partial charge in [-0.15, -0.1) is 0 Å². The summed E-state index contributed by atoms with van der Waals surface area (Å²) in [5.74, 6) is 0.746. The van der Waals surface area contributed by atoms with E-state index in [2.05, 4.69) is 30.2 Å². The molecule has 0 aliphatic carbocycles. The van der Waals surface area contributed by atoms with Crippen molar-refractivity contribution in [2.24, 2.45) is 0 Å². The smallest absolute Gasteiger partial charge is 0.209 e. The Kier molecular flexibility index (Phi) is 2.25. The van der Waals surface area contributed by atoms with Crippen molar-refractivity contribution in [1.29, 1.82) is 0 Å². The van der Waals surface area contributed by atoms with Gasteiger partial charge in [-0.3, -0.25) is 0 Å². The van der Waals surface area contributed by atoms with Crippen molar-refractivity contribution < 1.29 is 4.42 Å². The predicted molar refractivity (Wildman–Crippen MR) is 56.2 cm³/mol. The third-order valence-electron chi connectivity index (χ3n) is 2.45. The Morgan fingerprint density at radius 2 is 2.14 bits per heavy atom. The monoisotopic (exact) mass is 190 g/mol. The highest BCUT2D eigenvalue weighted by atomic mass is 16.3. The minimum atomic E-state index is 0.674. The van der Waals surface area contributed by atoms with Gasteiger partial charge in [-0.25, -0.2) is 4.98 Å². The maximum atomic E-state index is 5.65. The number of benzene rings is 1. The van der Waals surface area contributed by atoms with Crippen LogP contribution in [0.25, 0.3) is 11.1 Å². The van der Waals surface area contributed by atoms with Gasteiger partial charge in [0.1, 0.15) is 5.52 Å². The molecule has 0 spiro atoms. The van der Waals surface area contributed by atoms with Crippen LogP contribution in [0.5, 0.6) is 0 Å². The van der Waals surface area contributed by atoms with Gasteiger partial charge in [0.15, 0.2) is 5.58 Å². The summed E-state index contributed by atoms with van der Waals surface area (Å²) in [5.41, 5.74) is 4.27. The average molecular weight is 190 g/mol. The molecule has 0 atom stereocenters. The van der Waals surface area contributed by atoms with Gasteiger partial charge in [0.05, 0.1) is 6.54 Å².